The molecule has 3 aromatic rings. The van der Waals surface area contributed by atoms with E-state index in [1.165, 1.54) is 6.21 Å². The quantitative estimate of drug-likeness (QED) is 0.216. The summed E-state index contributed by atoms with van der Waals surface area (Å²) in [5.74, 6) is 0.230. The molecule has 2 amide bonds. The summed E-state index contributed by atoms with van der Waals surface area (Å²) in [6.45, 7) is 2.34. The Kier molecular flexibility index (Phi) is 10.3. The van der Waals surface area contributed by atoms with E-state index in [-0.39, 0.29) is 18.9 Å². The highest BCUT2D eigenvalue weighted by Crippen LogP contribution is 2.32. The van der Waals surface area contributed by atoms with Crippen LogP contribution in [0.1, 0.15) is 36.1 Å². The molecule has 3 rings (SSSR count). The minimum Gasteiger partial charge on any atom is -0.487 e. The molecular formula is C26H25Br2N3O4. The molecule has 3 aromatic carbocycles. The predicted octanol–water partition coefficient (Wildman–Crippen LogP) is 6.12. The van der Waals surface area contributed by atoms with Crippen molar-refractivity contribution in [1.82, 2.24) is 10.7 Å². The summed E-state index contributed by atoms with van der Waals surface area (Å²) in [5.41, 5.74) is 5.01. The number of carbonyl (C=O) groups excluding carboxylic acids is 2. The summed E-state index contributed by atoms with van der Waals surface area (Å²) >= 11 is 7.00. The third-order valence-corrected chi connectivity index (χ3v) is 5.86. The van der Waals surface area contributed by atoms with Crippen molar-refractivity contribution in [2.45, 2.75) is 26.0 Å². The first kappa shape index (κ1) is 26.4. The fourth-order valence-corrected chi connectivity index (χ4v) is 4.59. The first-order valence-electron chi connectivity index (χ1n) is 10.9. The number of hydrogen-bond acceptors (Lipinski definition) is 5. The number of hydrazone groups is 1. The molecule has 0 aliphatic heterocycles. The van der Waals surface area contributed by atoms with Crippen molar-refractivity contribution in [3.8, 4) is 5.75 Å². The largest absolute Gasteiger partial charge is 0.487 e. The van der Waals surface area contributed by atoms with Crippen molar-refractivity contribution in [3.05, 3.63) is 98.4 Å². The number of hydrogen-bond donors (Lipinski definition) is 2. The van der Waals surface area contributed by atoms with Crippen molar-refractivity contribution in [3.63, 3.8) is 0 Å². The Morgan fingerprint density at radius 3 is 2.40 bits per heavy atom. The van der Waals surface area contributed by atoms with E-state index in [2.05, 4.69) is 47.7 Å². The number of ether oxygens (including phenoxy) is 2. The lowest BCUT2D eigenvalue weighted by Crippen LogP contribution is -2.33. The molecular weight excluding hydrogens is 578 g/mol. The molecule has 0 unspecified atom stereocenters. The number of rotatable bonds is 10. The number of nitrogens with zero attached hydrogens (tertiary/aromatic N) is 1. The maximum atomic E-state index is 12.6. The van der Waals surface area contributed by atoms with Crippen LogP contribution in [0, 0.1) is 0 Å². The molecule has 0 fully saturated rings. The van der Waals surface area contributed by atoms with Crippen molar-refractivity contribution in [2.75, 3.05) is 6.61 Å². The lowest BCUT2D eigenvalue weighted by molar-refractivity contribution is -0.121. The third-order valence-electron chi connectivity index (χ3n) is 4.81. The van der Waals surface area contributed by atoms with Crippen LogP contribution < -0.4 is 15.5 Å². The average molecular weight is 603 g/mol. The first-order chi connectivity index (χ1) is 17.0. The van der Waals surface area contributed by atoms with Crippen LogP contribution in [-0.2, 0) is 16.1 Å². The molecule has 7 nitrogen and oxygen atoms in total. The minimum atomic E-state index is -0.586. The Morgan fingerprint density at radius 2 is 1.71 bits per heavy atom. The van der Waals surface area contributed by atoms with E-state index >= 15 is 0 Å². The second-order valence-corrected chi connectivity index (χ2v) is 9.18. The molecule has 0 heterocycles. The van der Waals surface area contributed by atoms with Crippen LogP contribution in [0.5, 0.6) is 5.75 Å². The Bertz CT molecular complexity index is 1160. The standard InChI is InChI=1S/C26H25Br2N3O4/c1-2-34-26(33)30-23(19-11-7-4-8-12-19)15-24(32)31-29-16-20-13-21(27)14-22(28)25(20)35-17-18-9-5-3-6-10-18/h3-14,16,23H,2,15,17H2,1H3,(H,30,33)(H,31,32)/b29-16-/t23-/m1/s1. The molecule has 35 heavy (non-hydrogen) atoms. The molecule has 0 spiro atoms. The number of nitrogens with one attached hydrogen (secondary N) is 2. The van der Waals surface area contributed by atoms with Gasteiger partial charge in [-0.2, -0.15) is 5.10 Å². The smallest absolute Gasteiger partial charge is 0.407 e. The molecule has 0 saturated carbocycles. The molecule has 0 radical (unpaired) electrons. The highest BCUT2D eigenvalue weighted by molar-refractivity contribution is 9.11. The van der Waals surface area contributed by atoms with Crippen molar-refractivity contribution >= 4 is 50.1 Å². The summed E-state index contributed by atoms with van der Waals surface area (Å²) in [6, 6.07) is 22.2. The van der Waals surface area contributed by atoms with Gasteiger partial charge in [0.05, 0.1) is 29.8 Å². The van der Waals surface area contributed by atoms with Crippen LogP contribution in [0.4, 0.5) is 4.79 Å². The van der Waals surface area contributed by atoms with Gasteiger partial charge in [0.25, 0.3) is 0 Å². The Morgan fingerprint density at radius 1 is 1.03 bits per heavy atom. The van der Waals surface area contributed by atoms with E-state index in [9.17, 15) is 9.59 Å². The van der Waals surface area contributed by atoms with Gasteiger partial charge < -0.3 is 14.8 Å². The predicted molar refractivity (Wildman–Crippen MR) is 142 cm³/mol. The zero-order valence-corrected chi connectivity index (χ0v) is 22.2. The van der Waals surface area contributed by atoms with Gasteiger partial charge in [-0.15, -0.1) is 0 Å². The highest BCUT2D eigenvalue weighted by Gasteiger charge is 2.19. The molecule has 0 aliphatic rings. The van der Waals surface area contributed by atoms with E-state index in [1.807, 2.05) is 72.8 Å². The fourth-order valence-electron chi connectivity index (χ4n) is 3.22. The Labute approximate surface area is 221 Å². The van der Waals surface area contributed by atoms with Crippen molar-refractivity contribution in [1.29, 1.82) is 0 Å². The molecule has 9 heteroatoms. The fraction of sp³-hybridized carbons (Fsp3) is 0.192. The SMILES string of the molecule is CCOC(=O)N[C@H](CC(=O)N/N=C\c1cc(Br)cc(Br)c1OCc1ccccc1)c1ccccc1. The van der Waals surface area contributed by atoms with Gasteiger partial charge in [0.2, 0.25) is 5.91 Å². The third kappa shape index (κ3) is 8.52. The van der Waals surface area contributed by atoms with E-state index in [4.69, 9.17) is 9.47 Å². The van der Waals surface area contributed by atoms with E-state index in [0.717, 1.165) is 20.1 Å². The summed E-state index contributed by atoms with van der Waals surface area (Å²) in [6.07, 6.45) is 0.917. The van der Waals surface area contributed by atoms with Crippen LogP contribution in [0.25, 0.3) is 0 Å². The lowest BCUT2D eigenvalue weighted by atomic mass is 10.0. The van der Waals surface area contributed by atoms with Gasteiger partial charge in [-0.25, -0.2) is 10.2 Å². The molecule has 0 bridgehead atoms. The van der Waals surface area contributed by atoms with Crippen LogP contribution >= 0.6 is 31.9 Å². The summed E-state index contributed by atoms with van der Waals surface area (Å²) in [7, 11) is 0. The van der Waals surface area contributed by atoms with Crippen molar-refractivity contribution < 1.29 is 19.1 Å². The summed E-state index contributed by atoms with van der Waals surface area (Å²) < 4.78 is 12.6. The Balaban J connectivity index is 1.68. The molecule has 0 aliphatic carbocycles. The van der Waals surface area contributed by atoms with Gasteiger partial charge in [-0.1, -0.05) is 76.6 Å². The van der Waals surface area contributed by atoms with Gasteiger partial charge in [0, 0.05) is 10.0 Å². The van der Waals surface area contributed by atoms with Crippen molar-refractivity contribution in [2.24, 2.45) is 5.10 Å². The topological polar surface area (TPSA) is 89.0 Å². The minimum absolute atomic E-state index is 0.0142. The summed E-state index contributed by atoms with van der Waals surface area (Å²) in [5, 5.41) is 6.83. The van der Waals surface area contributed by atoms with E-state index in [0.29, 0.717) is 17.9 Å². The second-order valence-electron chi connectivity index (χ2n) is 7.41. The van der Waals surface area contributed by atoms with Gasteiger partial charge >= 0.3 is 6.09 Å². The number of alkyl carbamates (subject to hydrolysis) is 1. The molecule has 1 atom stereocenters. The van der Waals surface area contributed by atoms with Crippen LogP contribution in [-0.4, -0.2) is 24.8 Å². The average Bonchev–Trinajstić information content (AvgIpc) is 2.84. The number of amides is 2. The zero-order valence-electron chi connectivity index (χ0n) is 19.0. The Hall–Kier alpha value is -3.17. The van der Waals surface area contributed by atoms with Gasteiger partial charge in [-0.05, 0) is 46.1 Å². The zero-order chi connectivity index (χ0) is 25.0. The maximum absolute atomic E-state index is 12.6. The molecule has 182 valence electrons. The van der Waals surface area contributed by atoms with Crippen LogP contribution in [0.15, 0.2) is 86.8 Å². The molecule has 0 aromatic heterocycles. The molecule has 2 N–H and O–H groups in total. The number of halogens is 2. The highest BCUT2D eigenvalue weighted by atomic mass is 79.9. The second kappa shape index (κ2) is 13.7. The van der Waals surface area contributed by atoms with E-state index in [1.54, 1.807) is 6.92 Å². The van der Waals surface area contributed by atoms with Gasteiger partial charge in [-0.3, -0.25) is 4.79 Å². The van der Waals surface area contributed by atoms with E-state index < -0.39 is 12.1 Å². The summed E-state index contributed by atoms with van der Waals surface area (Å²) in [4.78, 5) is 24.6. The van der Waals surface area contributed by atoms with Crippen LogP contribution in [0.3, 0.4) is 0 Å². The first-order valence-corrected chi connectivity index (χ1v) is 12.5. The van der Waals surface area contributed by atoms with Gasteiger partial charge in [0.1, 0.15) is 12.4 Å². The number of benzene rings is 3. The van der Waals surface area contributed by atoms with Gasteiger partial charge in [0.15, 0.2) is 0 Å². The molecule has 0 saturated heterocycles. The monoisotopic (exact) mass is 601 g/mol. The van der Waals surface area contributed by atoms with Crippen LogP contribution in [0.2, 0.25) is 0 Å². The number of carbonyl (C=O) groups is 2. The lowest BCUT2D eigenvalue weighted by Gasteiger charge is -2.18. The normalized spacial score (nSPS) is 11.6. The maximum Gasteiger partial charge on any atom is 0.407 e.